The molecular formula is C22H18ClIN2O5S. The number of carbonyl (C=O) groups excluding carboxylic acids is 4. The first-order chi connectivity index (χ1) is 15.3. The molecule has 166 valence electrons. The minimum atomic E-state index is -0.598. The number of benzene rings is 2. The summed E-state index contributed by atoms with van der Waals surface area (Å²) in [7, 11) is 0. The molecule has 7 nitrogen and oxygen atoms in total. The van der Waals surface area contributed by atoms with Crippen LogP contribution in [0.15, 0.2) is 47.4 Å². The summed E-state index contributed by atoms with van der Waals surface area (Å²) in [6, 6.07) is 11.8. The van der Waals surface area contributed by atoms with Gasteiger partial charge in [-0.05, 0) is 82.7 Å². The number of esters is 1. The highest BCUT2D eigenvalue weighted by molar-refractivity contribution is 14.1. The molecule has 1 fully saturated rings. The first-order valence-corrected chi connectivity index (χ1v) is 11.8. The van der Waals surface area contributed by atoms with Gasteiger partial charge in [0, 0.05) is 9.26 Å². The number of anilines is 1. The summed E-state index contributed by atoms with van der Waals surface area (Å²) in [6.07, 6.45) is 2.28. The van der Waals surface area contributed by atoms with Gasteiger partial charge >= 0.3 is 5.97 Å². The third-order valence-corrected chi connectivity index (χ3v) is 6.21. The summed E-state index contributed by atoms with van der Waals surface area (Å²) in [4.78, 5) is 50.6. The number of carbonyl (C=O) groups is 4. The Bertz CT molecular complexity index is 1100. The van der Waals surface area contributed by atoms with Crippen molar-refractivity contribution in [2.45, 2.75) is 13.3 Å². The number of hydrogen-bond donors (Lipinski definition) is 1. The van der Waals surface area contributed by atoms with Crippen molar-refractivity contribution in [3.05, 3.63) is 67.1 Å². The Kier molecular flexibility index (Phi) is 8.32. The topological polar surface area (TPSA) is 92.8 Å². The Morgan fingerprint density at radius 2 is 1.91 bits per heavy atom. The minimum absolute atomic E-state index is 0.115. The molecule has 0 aliphatic carbocycles. The number of nitrogens with zero attached hydrogens (tertiary/aromatic N) is 1. The maximum absolute atomic E-state index is 12.6. The lowest BCUT2D eigenvalue weighted by atomic mass is 10.2. The molecule has 32 heavy (non-hydrogen) atoms. The lowest BCUT2D eigenvalue weighted by Crippen LogP contribution is -2.36. The van der Waals surface area contributed by atoms with Crippen molar-refractivity contribution < 1.29 is 23.9 Å². The fourth-order valence-electron chi connectivity index (χ4n) is 2.72. The Hall–Kier alpha value is -2.37. The molecule has 3 rings (SSSR count). The Labute approximate surface area is 207 Å². The fraction of sp³-hybridized carbons (Fsp3) is 0.182. The van der Waals surface area contributed by atoms with Crippen LogP contribution in [0.25, 0.3) is 6.08 Å². The molecule has 3 amide bonds. The summed E-state index contributed by atoms with van der Waals surface area (Å²) in [5.41, 5.74) is 1.19. The molecule has 1 saturated heterocycles. The molecule has 0 saturated carbocycles. The Morgan fingerprint density at radius 3 is 2.59 bits per heavy atom. The van der Waals surface area contributed by atoms with Crippen LogP contribution in [0.4, 0.5) is 10.5 Å². The van der Waals surface area contributed by atoms with Crippen molar-refractivity contribution in [1.29, 1.82) is 0 Å². The van der Waals surface area contributed by atoms with E-state index in [2.05, 4.69) is 27.9 Å². The third-order valence-electron chi connectivity index (χ3n) is 4.25. The largest absolute Gasteiger partial charge is 0.462 e. The van der Waals surface area contributed by atoms with Crippen LogP contribution >= 0.6 is 46.0 Å². The molecule has 0 atom stereocenters. The molecule has 1 aliphatic heterocycles. The highest BCUT2D eigenvalue weighted by atomic mass is 127. The zero-order valence-corrected chi connectivity index (χ0v) is 20.6. The second-order valence-corrected chi connectivity index (χ2v) is 9.34. The number of thioether (sulfide) groups is 1. The van der Waals surface area contributed by atoms with Crippen molar-refractivity contribution in [3.63, 3.8) is 0 Å². The maximum Gasteiger partial charge on any atom is 0.339 e. The lowest BCUT2D eigenvalue weighted by molar-refractivity contribution is -0.127. The second-order valence-electron chi connectivity index (χ2n) is 6.70. The monoisotopic (exact) mass is 584 g/mol. The van der Waals surface area contributed by atoms with Gasteiger partial charge in [-0.1, -0.05) is 30.7 Å². The third kappa shape index (κ3) is 6.11. The molecule has 2 aromatic carbocycles. The van der Waals surface area contributed by atoms with Gasteiger partial charge in [-0.2, -0.15) is 0 Å². The second kappa shape index (κ2) is 11.0. The molecule has 1 N–H and O–H groups in total. The molecule has 0 aromatic heterocycles. The molecule has 0 bridgehead atoms. The van der Waals surface area contributed by atoms with E-state index in [9.17, 15) is 19.2 Å². The van der Waals surface area contributed by atoms with Gasteiger partial charge in [0.1, 0.15) is 6.54 Å². The number of imide groups is 1. The molecule has 1 aliphatic rings. The van der Waals surface area contributed by atoms with E-state index in [1.807, 2.05) is 31.2 Å². The van der Waals surface area contributed by atoms with Gasteiger partial charge < -0.3 is 10.1 Å². The molecule has 0 spiro atoms. The van der Waals surface area contributed by atoms with Gasteiger partial charge in [0.25, 0.3) is 11.1 Å². The molecular weight excluding hydrogens is 567 g/mol. The standard InChI is InChI=1S/C22H18ClIN2O5S/c1-2-9-31-21(29)16-11-15(7-8-17(16)23)25-19(27)12-26-20(28)18(32-22(26)30)10-13-3-5-14(24)6-4-13/h3-8,10-11H,2,9,12H2,1H3,(H,25,27)/b18-10-. The number of hydrogen-bond acceptors (Lipinski definition) is 6. The van der Waals surface area contributed by atoms with Crippen LogP contribution in [-0.2, 0) is 14.3 Å². The number of rotatable bonds is 7. The van der Waals surface area contributed by atoms with Gasteiger partial charge in [-0.25, -0.2) is 4.79 Å². The summed E-state index contributed by atoms with van der Waals surface area (Å²) < 4.78 is 6.13. The zero-order valence-electron chi connectivity index (χ0n) is 16.9. The maximum atomic E-state index is 12.6. The van der Waals surface area contributed by atoms with E-state index in [-0.39, 0.29) is 22.1 Å². The van der Waals surface area contributed by atoms with Crippen LogP contribution < -0.4 is 5.32 Å². The SMILES string of the molecule is CCCOC(=O)c1cc(NC(=O)CN2C(=O)S/C(=C\c3ccc(I)cc3)C2=O)ccc1Cl. The normalized spacial score (nSPS) is 14.7. The quantitative estimate of drug-likeness (QED) is 0.274. The fourth-order valence-corrected chi connectivity index (χ4v) is 4.12. The van der Waals surface area contributed by atoms with Crippen LogP contribution in [0.3, 0.4) is 0 Å². The van der Waals surface area contributed by atoms with Crippen LogP contribution in [-0.4, -0.2) is 41.1 Å². The summed E-state index contributed by atoms with van der Waals surface area (Å²) in [6.45, 7) is 1.67. The number of amides is 3. The summed E-state index contributed by atoms with van der Waals surface area (Å²) in [5, 5.41) is 2.24. The van der Waals surface area contributed by atoms with E-state index in [4.69, 9.17) is 16.3 Å². The van der Waals surface area contributed by atoms with Crippen LogP contribution in [0.5, 0.6) is 0 Å². The van der Waals surface area contributed by atoms with Crippen molar-refractivity contribution in [2.24, 2.45) is 0 Å². The van der Waals surface area contributed by atoms with Gasteiger partial charge in [-0.15, -0.1) is 0 Å². The highest BCUT2D eigenvalue weighted by Crippen LogP contribution is 2.32. The Morgan fingerprint density at radius 1 is 1.19 bits per heavy atom. The van der Waals surface area contributed by atoms with Gasteiger partial charge in [-0.3, -0.25) is 19.3 Å². The predicted molar refractivity (Wildman–Crippen MR) is 132 cm³/mol. The van der Waals surface area contributed by atoms with E-state index in [0.29, 0.717) is 12.1 Å². The van der Waals surface area contributed by atoms with Crippen LogP contribution in [0.1, 0.15) is 29.3 Å². The average Bonchev–Trinajstić information content (AvgIpc) is 3.02. The summed E-state index contributed by atoms with van der Waals surface area (Å²) in [5.74, 6) is -1.72. The van der Waals surface area contributed by atoms with Crippen LogP contribution in [0.2, 0.25) is 5.02 Å². The molecule has 1 heterocycles. The molecule has 10 heteroatoms. The minimum Gasteiger partial charge on any atom is -0.462 e. The van der Waals surface area contributed by atoms with E-state index in [1.165, 1.54) is 18.2 Å². The van der Waals surface area contributed by atoms with Crippen molar-refractivity contribution in [2.75, 3.05) is 18.5 Å². The van der Waals surface area contributed by atoms with E-state index < -0.39 is 29.6 Å². The number of ether oxygens (including phenoxy) is 1. The van der Waals surface area contributed by atoms with E-state index >= 15 is 0 Å². The lowest BCUT2D eigenvalue weighted by Gasteiger charge is -2.13. The van der Waals surface area contributed by atoms with Crippen molar-refractivity contribution in [3.8, 4) is 0 Å². The van der Waals surface area contributed by atoms with Crippen molar-refractivity contribution in [1.82, 2.24) is 4.90 Å². The zero-order chi connectivity index (χ0) is 23.3. The number of nitrogens with one attached hydrogen (secondary N) is 1. The first-order valence-electron chi connectivity index (χ1n) is 9.56. The molecule has 2 aromatic rings. The van der Waals surface area contributed by atoms with Crippen molar-refractivity contribution >= 4 is 80.7 Å². The van der Waals surface area contributed by atoms with E-state index in [1.54, 1.807) is 6.08 Å². The Balaban J connectivity index is 1.67. The molecule has 0 unspecified atom stereocenters. The average molecular weight is 585 g/mol. The highest BCUT2D eigenvalue weighted by Gasteiger charge is 2.36. The van der Waals surface area contributed by atoms with E-state index in [0.717, 1.165) is 25.8 Å². The van der Waals surface area contributed by atoms with Gasteiger partial charge in [0.2, 0.25) is 5.91 Å². The first kappa shape index (κ1) is 24.3. The van der Waals surface area contributed by atoms with Gasteiger partial charge in [0.05, 0.1) is 22.1 Å². The predicted octanol–water partition coefficient (Wildman–Crippen LogP) is 5.19. The smallest absolute Gasteiger partial charge is 0.339 e. The summed E-state index contributed by atoms with van der Waals surface area (Å²) >= 11 is 9.01. The number of halogens is 2. The van der Waals surface area contributed by atoms with Gasteiger partial charge in [0.15, 0.2) is 0 Å². The van der Waals surface area contributed by atoms with Crippen LogP contribution in [0, 0.1) is 3.57 Å². The molecule has 0 radical (unpaired) electrons.